The van der Waals surface area contributed by atoms with Crippen molar-refractivity contribution in [3.63, 3.8) is 0 Å². The Morgan fingerprint density at radius 1 is 1.44 bits per heavy atom. The maximum absolute atomic E-state index is 5.70. The van der Waals surface area contributed by atoms with E-state index in [2.05, 4.69) is 30.7 Å². The summed E-state index contributed by atoms with van der Waals surface area (Å²) < 4.78 is 5.70. The quantitative estimate of drug-likeness (QED) is 0.894. The molecule has 4 heteroatoms. The van der Waals surface area contributed by atoms with Crippen LogP contribution in [0.3, 0.4) is 0 Å². The molecule has 0 spiro atoms. The van der Waals surface area contributed by atoms with Crippen molar-refractivity contribution < 1.29 is 4.42 Å². The number of rotatable bonds is 4. The smallest absolute Gasteiger partial charge is 0.211 e. The third-order valence-corrected chi connectivity index (χ3v) is 3.89. The number of piperidine rings is 1. The van der Waals surface area contributed by atoms with E-state index in [1.165, 1.54) is 12.8 Å². The Balaban J connectivity index is 2.15. The molecule has 1 aromatic rings. The van der Waals surface area contributed by atoms with Crippen LogP contribution in [0, 0.1) is 0 Å². The summed E-state index contributed by atoms with van der Waals surface area (Å²) in [6.07, 6.45) is 5.47. The summed E-state index contributed by atoms with van der Waals surface area (Å²) in [7, 11) is 0. The van der Waals surface area contributed by atoms with E-state index in [-0.39, 0.29) is 5.92 Å². The Morgan fingerprint density at radius 2 is 2.22 bits per heavy atom. The molecule has 2 rings (SSSR count). The van der Waals surface area contributed by atoms with Gasteiger partial charge in [0.05, 0.1) is 11.7 Å². The maximum atomic E-state index is 5.70. The molecule has 0 amide bonds. The zero-order valence-electron chi connectivity index (χ0n) is 11.7. The lowest BCUT2D eigenvalue weighted by molar-refractivity contribution is 0.0924. The minimum Gasteiger partial charge on any atom is -0.447 e. The van der Waals surface area contributed by atoms with Crippen LogP contribution < -0.4 is 5.73 Å². The molecule has 1 aromatic heterocycles. The molecule has 4 nitrogen and oxygen atoms in total. The van der Waals surface area contributed by atoms with E-state index in [0.29, 0.717) is 18.6 Å². The Morgan fingerprint density at radius 3 is 2.89 bits per heavy atom. The fourth-order valence-electron chi connectivity index (χ4n) is 2.64. The Bertz CT molecular complexity index is 375. The fourth-order valence-corrected chi connectivity index (χ4v) is 2.64. The fraction of sp³-hybridized carbons (Fsp3) is 0.786. The number of nitrogens with zero attached hydrogens (tertiary/aromatic N) is 2. The summed E-state index contributed by atoms with van der Waals surface area (Å²) in [4.78, 5) is 7.14. The van der Waals surface area contributed by atoms with E-state index in [0.717, 1.165) is 24.6 Å². The molecule has 0 bridgehead atoms. The second-order valence-electron chi connectivity index (χ2n) is 5.59. The van der Waals surface area contributed by atoms with E-state index in [1.54, 1.807) is 6.26 Å². The van der Waals surface area contributed by atoms with E-state index < -0.39 is 0 Å². The van der Waals surface area contributed by atoms with Gasteiger partial charge in [-0.05, 0) is 33.2 Å². The predicted octanol–water partition coefficient (Wildman–Crippen LogP) is 2.67. The van der Waals surface area contributed by atoms with Gasteiger partial charge in [-0.2, -0.15) is 0 Å². The molecular formula is C14H25N3O. The summed E-state index contributed by atoms with van der Waals surface area (Å²) in [5, 5.41) is 0. The van der Waals surface area contributed by atoms with Crippen LogP contribution in [0.1, 0.15) is 63.6 Å². The first kappa shape index (κ1) is 13.6. The van der Waals surface area contributed by atoms with Crippen molar-refractivity contribution in [2.45, 2.75) is 58.0 Å². The van der Waals surface area contributed by atoms with Gasteiger partial charge in [0.15, 0.2) is 0 Å². The lowest BCUT2D eigenvalue weighted by Gasteiger charge is -2.36. The van der Waals surface area contributed by atoms with Gasteiger partial charge in [-0.15, -0.1) is 0 Å². The van der Waals surface area contributed by atoms with Crippen molar-refractivity contribution in [2.75, 3.05) is 13.1 Å². The van der Waals surface area contributed by atoms with Gasteiger partial charge < -0.3 is 10.2 Å². The molecule has 18 heavy (non-hydrogen) atoms. The van der Waals surface area contributed by atoms with Crippen LogP contribution in [0.4, 0.5) is 0 Å². The largest absolute Gasteiger partial charge is 0.447 e. The topological polar surface area (TPSA) is 55.3 Å². The Hall–Kier alpha value is -0.870. The average Bonchev–Trinajstić information content (AvgIpc) is 2.87. The molecule has 2 unspecified atom stereocenters. The second kappa shape index (κ2) is 5.85. The van der Waals surface area contributed by atoms with Crippen LogP contribution in [-0.4, -0.2) is 29.0 Å². The molecule has 2 atom stereocenters. The molecular weight excluding hydrogens is 226 g/mol. The highest BCUT2D eigenvalue weighted by Gasteiger charge is 2.29. The molecule has 1 fully saturated rings. The first-order chi connectivity index (χ1) is 8.63. The van der Waals surface area contributed by atoms with Gasteiger partial charge in [0.1, 0.15) is 6.26 Å². The highest BCUT2D eigenvalue weighted by atomic mass is 16.3. The van der Waals surface area contributed by atoms with Crippen molar-refractivity contribution in [3.05, 3.63) is 17.8 Å². The minimum atomic E-state index is 0.276. The summed E-state index contributed by atoms with van der Waals surface area (Å²) in [6.45, 7) is 8.33. The molecule has 1 saturated heterocycles. The lowest BCUT2D eigenvalue weighted by Crippen LogP contribution is -2.38. The van der Waals surface area contributed by atoms with Gasteiger partial charge in [-0.25, -0.2) is 4.98 Å². The summed E-state index contributed by atoms with van der Waals surface area (Å²) in [6, 6.07) is 0.884. The summed E-state index contributed by atoms with van der Waals surface area (Å²) >= 11 is 0. The predicted molar refractivity (Wildman–Crippen MR) is 72.4 cm³/mol. The molecule has 2 N–H and O–H groups in total. The monoisotopic (exact) mass is 251 g/mol. The van der Waals surface area contributed by atoms with Crippen LogP contribution in [0.25, 0.3) is 0 Å². The Kier molecular flexibility index (Phi) is 4.40. The van der Waals surface area contributed by atoms with Crippen LogP contribution in [0.15, 0.2) is 10.7 Å². The van der Waals surface area contributed by atoms with Crippen molar-refractivity contribution in [1.82, 2.24) is 9.88 Å². The normalized spacial score (nSPS) is 23.5. The third-order valence-electron chi connectivity index (χ3n) is 3.89. The van der Waals surface area contributed by atoms with Crippen LogP contribution >= 0.6 is 0 Å². The Labute approximate surface area is 110 Å². The number of aromatic nitrogens is 1. The minimum absolute atomic E-state index is 0.276. The second-order valence-corrected chi connectivity index (χ2v) is 5.59. The summed E-state index contributed by atoms with van der Waals surface area (Å²) in [5.41, 5.74) is 6.66. The number of hydrogen-bond donors (Lipinski definition) is 1. The number of hydrogen-bond acceptors (Lipinski definition) is 4. The zero-order valence-corrected chi connectivity index (χ0v) is 11.7. The molecule has 102 valence electrons. The van der Waals surface area contributed by atoms with E-state index >= 15 is 0 Å². The maximum Gasteiger partial charge on any atom is 0.211 e. The highest BCUT2D eigenvalue weighted by molar-refractivity contribution is 5.06. The van der Waals surface area contributed by atoms with E-state index in [4.69, 9.17) is 10.2 Å². The third kappa shape index (κ3) is 2.75. The van der Waals surface area contributed by atoms with Crippen LogP contribution in [0.2, 0.25) is 0 Å². The van der Waals surface area contributed by atoms with Gasteiger partial charge in [-0.1, -0.05) is 13.3 Å². The number of nitrogens with two attached hydrogens (primary N) is 1. The molecule has 0 radical (unpaired) electrons. The van der Waals surface area contributed by atoms with Crippen molar-refractivity contribution in [1.29, 1.82) is 0 Å². The molecule has 0 aliphatic carbocycles. The van der Waals surface area contributed by atoms with Crippen LogP contribution in [-0.2, 0) is 0 Å². The van der Waals surface area contributed by atoms with Gasteiger partial charge in [0.25, 0.3) is 0 Å². The first-order valence-electron chi connectivity index (χ1n) is 7.04. The highest BCUT2D eigenvalue weighted by Crippen LogP contribution is 2.32. The summed E-state index contributed by atoms with van der Waals surface area (Å²) in [5.74, 6) is 1.15. The molecule has 1 aliphatic rings. The molecule has 0 aromatic carbocycles. The van der Waals surface area contributed by atoms with Crippen molar-refractivity contribution in [2.24, 2.45) is 5.73 Å². The number of likely N-dealkylation sites (tertiary alicyclic amines) is 1. The molecule has 1 aliphatic heterocycles. The van der Waals surface area contributed by atoms with Crippen molar-refractivity contribution in [3.8, 4) is 0 Å². The van der Waals surface area contributed by atoms with Gasteiger partial charge >= 0.3 is 0 Å². The molecule has 2 heterocycles. The van der Waals surface area contributed by atoms with Gasteiger partial charge in [-0.3, -0.25) is 4.90 Å². The SMILES string of the molecule is CC(CN)c1coc(C2CCCCN2C(C)C)n1. The van der Waals surface area contributed by atoms with Gasteiger partial charge in [0, 0.05) is 18.5 Å². The van der Waals surface area contributed by atoms with Gasteiger partial charge in [0.2, 0.25) is 5.89 Å². The first-order valence-corrected chi connectivity index (χ1v) is 7.04. The zero-order chi connectivity index (χ0) is 13.1. The standard InChI is InChI=1S/C14H25N3O/c1-10(2)17-7-5-4-6-13(17)14-16-12(9-18-14)11(3)8-15/h9-11,13H,4-8,15H2,1-3H3. The van der Waals surface area contributed by atoms with Crippen LogP contribution in [0.5, 0.6) is 0 Å². The van der Waals surface area contributed by atoms with Crippen molar-refractivity contribution >= 4 is 0 Å². The van der Waals surface area contributed by atoms with E-state index in [9.17, 15) is 0 Å². The lowest BCUT2D eigenvalue weighted by atomic mass is 10.0. The average molecular weight is 251 g/mol. The van der Waals surface area contributed by atoms with E-state index in [1.807, 2.05) is 0 Å². The number of oxazole rings is 1. The molecule has 0 saturated carbocycles.